The molecular formula is C17H13F2N3O3. The number of nitrogens with zero attached hydrogens (tertiary/aromatic N) is 3. The first kappa shape index (κ1) is 16.7. The van der Waals surface area contributed by atoms with Crippen LogP contribution >= 0.6 is 0 Å². The van der Waals surface area contributed by atoms with Crippen LogP contribution in [0, 0.1) is 18.6 Å². The molecule has 0 N–H and O–H groups in total. The molecule has 2 aromatic heterocycles. The van der Waals surface area contributed by atoms with Crippen LogP contribution in [0.5, 0.6) is 0 Å². The van der Waals surface area contributed by atoms with Crippen LogP contribution in [0.1, 0.15) is 34.8 Å². The van der Waals surface area contributed by atoms with Gasteiger partial charge in [-0.1, -0.05) is 17.3 Å². The van der Waals surface area contributed by atoms with Gasteiger partial charge in [-0.2, -0.15) is 4.98 Å². The van der Waals surface area contributed by atoms with Crippen molar-refractivity contribution in [3.8, 4) is 11.4 Å². The lowest BCUT2D eigenvalue weighted by molar-refractivity contribution is 0.0260. The molecule has 0 aliphatic rings. The Morgan fingerprint density at radius 1 is 1.24 bits per heavy atom. The summed E-state index contributed by atoms with van der Waals surface area (Å²) in [6.45, 7) is 3.14. The predicted molar refractivity (Wildman–Crippen MR) is 82.5 cm³/mol. The summed E-state index contributed by atoms with van der Waals surface area (Å²) in [4.78, 5) is 19.6. The zero-order valence-electron chi connectivity index (χ0n) is 13.4. The second-order valence-electron chi connectivity index (χ2n) is 5.32. The molecular weight excluding hydrogens is 332 g/mol. The minimum atomic E-state index is -0.906. The monoisotopic (exact) mass is 345 g/mol. The van der Waals surface area contributed by atoms with Crippen LogP contribution in [-0.4, -0.2) is 21.1 Å². The van der Waals surface area contributed by atoms with Gasteiger partial charge >= 0.3 is 5.97 Å². The SMILES string of the molecule is Cc1ccc(-c2noc([C@@H](C)OC(=O)c3ccncc3F)n2)cc1F. The average molecular weight is 345 g/mol. The molecule has 0 aliphatic carbocycles. The van der Waals surface area contributed by atoms with E-state index in [1.54, 1.807) is 19.1 Å². The van der Waals surface area contributed by atoms with E-state index in [4.69, 9.17) is 9.26 Å². The fourth-order valence-corrected chi connectivity index (χ4v) is 2.06. The van der Waals surface area contributed by atoms with Gasteiger partial charge in [0, 0.05) is 11.8 Å². The predicted octanol–water partition coefficient (Wildman–Crippen LogP) is 3.64. The summed E-state index contributed by atoms with van der Waals surface area (Å²) in [7, 11) is 0. The van der Waals surface area contributed by atoms with Crippen molar-refractivity contribution in [1.82, 2.24) is 15.1 Å². The number of carbonyl (C=O) groups excluding carboxylic acids is 1. The number of hydrogen-bond donors (Lipinski definition) is 0. The van der Waals surface area contributed by atoms with Crippen molar-refractivity contribution in [2.24, 2.45) is 0 Å². The number of pyridine rings is 1. The Labute approximate surface area is 141 Å². The minimum absolute atomic E-state index is 0.0128. The first-order chi connectivity index (χ1) is 12.0. The minimum Gasteiger partial charge on any atom is -0.449 e. The van der Waals surface area contributed by atoms with Gasteiger partial charge in [0.1, 0.15) is 5.82 Å². The summed E-state index contributed by atoms with van der Waals surface area (Å²) in [6.07, 6.45) is 1.29. The molecule has 25 heavy (non-hydrogen) atoms. The summed E-state index contributed by atoms with van der Waals surface area (Å²) in [6, 6.07) is 5.73. The Bertz CT molecular complexity index is 927. The van der Waals surface area contributed by atoms with E-state index < -0.39 is 23.7 Å². The van der Waals surface area contributed by atoms with E-state index in [1.165, 1.54) is 25.3 Å². The van der Waals surface area contributed by atoms with Gasteiger partial charge in [0.2, 0.25) is 5.82 Å². The standard InChI is InChI=1S/C17H13F2N3O3/c1-9-3-4-11(7-13(9)18)15-21-16(25-22-15)10(2)24-17(23)12-5-6-20-8-14(12)19/h3-8,10H,1-2H3/t10-/m1/s1. The number of esters is 1. The zero-order chi connectivity index (χ0) is 18.0. The smallest absolute Gasteiger partial charge is 0.342 e. The van der Waals surface area contributed by atoms with Gasteiger partial charge in [0.25, 0.3) is 5.89 Å². The van der Waals surface area contributed by atoms with Gasteiger partial charge in [-0.15, -0.1) is 0 Å². The summed E-state index contributed by atoms with van der Waals surface area (Å²) in [5.74, 6) is -1.89. The van der Waals surface area contributed by atoms with Gasteiger partial charge < -0.3 is 9.26 Å². The third-order valence-corrected chi connectivity index (χ3v) is 3.50. The van der Waals surface area contributed by atoms with E-state index in [9.17, 15) is 13.6 Å². The average Bonchev–Trinajstić information content (AvgIpc) is 3.08. The Morgan fingerprint density at radius 3 is 2.76 bits per heavy atom. The van der Waals surface area contributed by atoms with E-state index in [0.29, 0.717) is 11.1 Å². The molecule has 1 aromatic carbocycles. The summed E-state index contributed by atoms with van der Waals surface area (Å²) >= 11 is 0. The van der Waals surface area contributed by atoms with Crippen molar-refractivity contribution in [2.75, 3.05) is 0 Å². The molecule has 0 spiro atoms. The topological polar surface area (TPSA) is 78.1 Å². The molecule has 128 valence electrons. The van der Waals surface area contributed by atoms with Gasteiger partial charge in [-0.05, 0) is 31.5 Å². The molecule has 0 bridgehead atoms. The third-order valence-electron chi connectivity index (χ3n) is 3.50. The lowest BCUT2D eigenvalue weighted by atomic mass is 10.1. The second kappa shape index (κ2) is 6.76. The Hall–Kier alpha value is -3.16. The number of halogens is 2. The number of hydrogen-bond acceptors (Lipinski definition) is 6. The Morgan fingerprint density at radius 2 is 2.04 bits per heavy atom. The van der Waals surface area contributed by atoms with Crippen molar-refractivity contribution in [3.63, 3.8) is 0 Å². The molecule has 0 aliphatic heterocycles. The van der Waals surface area contributed by atoms with Crippen LogP contribution in [0.15, 0.2) is 41.2 Å². The highest BCUT2D eigenvalue weighted by molar-refractivity contribution is 5.89. The van der Waals surface area contributed by atoms with Crippen molar-refractivity contribution in [3.05, 3.63) is 65.3 Å². The molecule has 0 saturated carbocycles. The van der Waals surface area contributed by atoms with Crippen molar-refractivity contribution < 1.29 is 22.8 Å². The number of benzene rings is 1. The molecule has 8 heteroatoms. The van der Waals surface area contributed by atoms with E-state index in [1.807, 2.05) is 0 Å². The highest BCUT2D eigenvalue weighted by Gasteiger charge is 2.22. The quantitative estimate of drug-likeness (QED) is 0.672. The molecule has 6 nitrogen and oxygen atoms in total. The van der Waals surface area contributed by atoms with Gasteiger partial charge in [0.15, 0.2) is 11.9 Å². The summed E-state index contributed by atoms with van der Waals surface area (Å²) < 4.78 is 37.3. The van der Waals surface area contributed by atoms with Crippen LogP contribution in [0.25, 0.3) is 11.4 Å². The molecule has 3 rings (SSSR count). The van der Waals surface area contributed by atoms with Crippen LogP contribution in [0.3, 0.4) is 0 Å². The molecule has 3 aromatic rings. The first-order valence-corrected chi connectivity index (χ1v) is 7.36. The lowest BCUT2D eigenvalue weighted by Crippen LogP contribution is -2.11. The Kier molecular flexibility index (Phi) is 4.51. The van der Waals surface area contributed by atoms with E-state index >= 15 is 0 Å². The van der Waals surface area contributed by atoms with Crippen molar-refractivity contribution >= 4 is 5.97 Å². The fourth-order valence-electron chi connectivity index (χ4n) is 2.06. The van der Waals surface area contributed by atoms with Gasteiger partial charge in [0.05, 0.1) is 11.8 Å². The number of carbonyl (C=O) groups is 1. The maximum atomic E-state index is 13.6. The maximum Gasteiger partial charge on any atom is 0.342 e. The number of ether oxygens (including phenoxy) is 1. The maximum absolute atomic E-state index is 13.6. The number of aromatic nitrogens is 3. The van der Waals surface area contributed by atoms with Crippen LogP contribution in [-0.2, 0) is 4.74 Å². The molecule has 0 saturated heterocycles. The van der Waals surface area contributed by atoms with Crippen LogP contribution in [0.4, 0.5) is 8.78 Å². The number of aryl methyl sites for hydroxylation is 1. The van der Waals surface area contributed by atoms with Gasteiger partial charge in [-0.3, -0.25) is 4.98 Å². The van der Waals surface area contributed by atoms with E-state index in [0.717, 1.165) is 6.20 Å². The summed E-state index contributed by atoms with van der Waals surface area (Å²) in [5.41, 5.74) is 0.674. The Balaban J connectivity index is 1.76. The fraction of sp³-hybridized carbons (Fsp3) is 0.176. The van der Waals surface area contributed by atoms with Crippen molar-refractivity contribution in [1.29, 1.82) is 0 Å². The highest BCUT2D eigenvalue weighted by Crippen LogP contribution is 2.23. The molecule has 0 unspecified atom stereocenters. The second-order valence-corrected chi connectivity index (χ2v) is 5.32. The zero-order valence-corrected chi connectivity index (χ0v) is 13.4. The summed E-state index contributed by atoms with van der Waals surface area (Å²) in [5, 5.41) is 3.75. The molecule has 0 radical (unpaired) electrons. The first-order valence-electron chi connectivity index (χ1n) is 7.36. The highest BCUT2D eigenvalue weighted by atomic mass is 19.1. The largest absolute Gasteiger partial charge is 0.449 e. The lowest BCUT2D eigenvalue weighted by Gasteiger charge is -2.09. The normalized spacial score (nSPS) is 12.0. The van der Waals surface area contributed by atoms with E-state index in [-0.39, 0.29) is 17.3 Å². The van der Waals surface area contributed by atoms with Crippen LogP contribution < -0.4 is 0 Å². The molecule has 0 fully saturated rings. The van der Waals surface area contributed by atoms with Gasteiger partial charge in [-0.25, -0.2) is 13.6 Å². The molecule has 2 heterocycles. The van der Waals surface area contributed by atoms with E-state index in [2.05, 4.69) is 15.1 Å². The number of rotatable bonds is 4. The van der Waals surface area contributed by atoms with Crippen LogP contribution in [0.2, 0.25) is 0 Å². The molecule has 1 atom stereocenters. The molecule has 0 amide bonds. The van der Waals surface area contributed by atoms with Crippen molar-refractivity contribution in [2.45, 2.75) is 20.0 Å². The third kappa shape index (κ3) is 3.52.